The zero-order chi connectivity index (χ0) is 19.6. The lowest BCUT2D eigenvalue weighted by atomic mass is 9.71. The molecule has 2 aliphatic heterocycles. The number of halogens is 1. The predicted octanol–water partition coefficient (Wildman–Crippen LogP) is 3.24. The largest absolute Gasteiger partial charge is 0.381 e. The topological polar surface area (TPSA) is 71.5 Å². The van der Waals surface area contributed by atoms with Gasteiger partial charge in [-0.2, -0.15) is 0 Å². The van der Waals surface area contributed by atoms with E-state index in [2.05, 4.69) is 10.3 Å². The molecule has 2 aliphatic rings. The number of anilines is 1. The predicted molar refractivity (Wildman–Crippen MR) is 106 cm³/mol. The summed E-state index contributed by atoms with van der Waals surface area (Å²) in [7, 11) is 0. The molecule has 0 radical (unpaired) electrons. The van der Waals surface area contributed by atoms with Crippen LogP contribution < -0.4 is 5.32 Å². The third-order valence-corrected chi connectivity index (χ3v) is 5.98. The maximum atomic E-state index is 13.1. The maximum Gasteiger partial charge on any atom is 0.253 e. The van der Waals surface area contributed by atoms with Gasteiger partial charge in [-0.1, -0.05) is 17.7 Å². The van der Waals surface area contributed by atoms with Crippen molar-refractivity contribution in [3.63, 3.8) is 0 Å². The first kappa shape index (κ1) is 18.9. The summed E-state index contributed by atoms with van der Waals surface area (Å²) >= 11 is 6.05. The minimum atomic E-state index is -0.292. The van der Waals surface area contributed by atoms with Gasteiger partial charge in [0.2, 0.25) is 5.91 Å². The van der Waals surface area contributed by atoms with Crippen LogP contribution in [0.25, 0.3) is 0 Å². The number of benzene rings is 1. The molecule has 1 aromatic carbocycles. The number of nitrogens with one attached hydrogen (secondary N) is 1. The molecule has 2 amide bonds. The monoisotopic (exact) mass is 399 g/mol. The number of likely N-dealkylation sites (tertiary alicyclic amines) is 1. The zero-order valence-electron chi connectivity index (χ0n) is 15.4. The smallest absolute Gasteiger partial charge is 0.253 e. The van der Waals surface area contributed by atoms with E-state index in [1.807, 2.05) is 6.07 Å². The number of carbonyl (C=O) groups is 2. The number of ether oxygens (including phenoxy) is 1. The van der Waals surface area contributed by atoms with Crippen LogP contribution in [-0.4, -0.2) is 48.0 Å². The van der Waals surface area contributed by atoms with Gasteiger partial charge in [0.25, 0.3) is 5.91 Å². The lowest BCUT2D eigenvalue weighted by Crippen LogP contribution is -2.42. The van der Waals surface area contributed by atoms with Crippen LogP contribution in [-0.2, 0) is 9.53 Å². The van der Waals surface area contributed by atoms with Gasteiger partial charge in [-0.25, -0.2) is 0 Å². The van der Waals surface area contributed by atoms with Crippen LogP contribution in [0.3, 0.4) is 0 Å². The van der Waals surface area contributed by atoms with E-state index in [0.29, 0.717) is 42.6 Å². The molecule has 0 unspecified atom stereocenters. The molecule has 0 bridgehead atoms. The van der Waals surface area contributed by atoms with Gasteiger partial charge in [0, 0.05) is 48.5 Å². The fourth-order valence-corrected chi connectivity index (χ4v) is 4.43. The number of pyridine rings is 1. The van der Waals surface area contributed by atoms with Crippen LogP contribution in [0.15, 0.2) is 48.8 Å². The highest BCUT2D eigenvalue weighted by atomic mass is 35.5. The second-order valence-electron chi connectivity index (χ2n) is 7.45. The van der Waals surface area contributed by atoms with Crippen molar-refractivity contribution in [2.75, 3.05) is 31.6 Å². The molecule has 146 valence electrons. The van der Waals surface area contributed by atoms with Gasteiger partial charge >= 0.3 is 0 Å². The van der Waals surface area contributed by atoms with Gasteiger partial charge in [0.05, 0.1) is 17.8 Å². The highest BCUT2D eigenvalue weighted by molar-refractivity contribution is 6.30. The van der Waals surface area contributed by atoms with E-state index in [-0.39, 0.29) is 23.1 Å². The van der Waals surface area contributed by atoms with Gasteiger partial charge in [0.15, 0.2) is 0 Å². The zero-order valence-corrected chi connectivity index (χ0v) is 16.2. The van der Waals surface area contributed by atoms with Gasteiger partial charge in [-0.3, -0.25) is 14.6 Å². The summed E-state index contributed by atoms with van der Waals surface area (Å²) in [5.41, 5.74) is 0.941. The lowest BCUT2D eigenvalue weighted by molar-refractivity contribution is -0.124. The van der Waals surface area contributed by atoms with Crippen molar-refractivity contribution in [3.8, 4) is 0 Å². The maximum absolute atomic E-state index is 13.1. The minimum absolute atomic E-state index is 0.0729. The number of aromatic nitrogens is 1. The Kier molecular flexibility index (Phi) is 5.33. The molecule has 1 atom stereocenters. The van der Waals surface area contributed by atoms with Crippen LogP contribution in [0.1, 0.15) is 23.2 Å². The molecule has 2 saturated heterocycles. The number of hydrogen-bond donors (Lipinski definition) is 1. The van der Waals surface area contributed by atoms with Crippen LogP contribution in [0.2, 0.25) is 5.02 Å². The number of hydrogen-bond acceptors (Lipinski definition) is 4. The summed E-state index contributed by atoms with van der Waals surface area (Å²) in [6, 6.07) is 10.5. The van der Waals surface area contributed by atoms with Crippen LogP contribution in [0.4, 0.5) is 5.69 Å². The molecular formula is C21H22ClN3O3. The fraction of sp³-hybridized carbons (Fsp3) is 0.381. The molecule has 2 fully saturated rings. The second kappa shape index (κ2) is 7.89. The highest BCUT2D eigenvalue weighted by Crippen LogP contribution is 2.45. The Bertz CT molecular complexity index is 868. The molecule has 0 aliphatic carbocycles. The van der Waals surface area contributed by atoms with Crippen molar-refractivity contribution in [1.82, 2.24) is 9.88 Å². The van der Waals surface area contributed by atoms with Gasteiger partial charge in [-0.15, -0.1) is 0 Å². The Balaban J connectivity index is 1.57. The summed E-state index contributed by atoms with van der Waals surface area (Å²) in [5, 5.41) is 3.49. The van der Waals surface area contributed by atoms with E-state index in [1.165, 1.54) is 0 Å². The van der Waals surface area contributed by atoms with E-state index in [1.54, 1.807) is 47.6 Å². The molecule has 7 heteroatoms. The van der Waals surface area contributed by atoms with Crippen LogP contribution >= 0.6 is 11.6 Å². The van der Waals surface area contributed by atoms with E-state index < -0.39 is 0 Å². The molecule has 1 aromatic heterocycles. The van der Waals surface area contributed by atoms with Gasteiger partial charge < -0.3 is 15.0 Å². The quantitative estimate of drug-likeness (QED) is 0.860. The van der Waals surface area contributed by atoms with Crippen molar-refractivity contribution in [1.29, 1.82) is 0 Å². The average molecular weight is 400 g/mol. The third kappa shape index (κ3) is 3.75. The normalized spacial score (nSPS) is 20.9. The molecular weight excluding hydrogens is 378 g/mol. The van der Waals surface area contributed by atoms with E-state index in [4.69, 9.17) is 16.3 Å². The lowest BCUT2D eigenvalue weighted by Gasteiger charge is -2.37. The first-order chi connectivity index (χ1) is 13.6. The molecule has 3 heterocycles. The minimum Gasteiger partial charge on any atom is -0.381 e. The third-order valence-electron chi connectivity index (χ3n) is 5.74. The molecule has 0 saturated carbocycles. The van der Waals surface area contributed by atoms with Crippen molar-refractivity contribution >= 4 is 29.1 Å². The molecule has 28 heavy (non-hydrogen) atoms. The Hall–Kier alpha value is -2.44. The summed E-state index contributed by atoms with van der Waals surface area (Å²) in [4.78, 5) is 32.0. The number of amides is 2. The molecule has 2 aromatic rings. The number of carbonyl (C=O) groups excluding carboxylic acids is 2. The first-order valence-corrected chi connectivity index (χ1v) is 9.79. The van der Waals surface area contributed by atoms with Crippen LogP contribution in [0.5, 0.6) is 0 Å². The Labute approximate surface area is 168 Å². The molecule has 1 N–H and O–H groups in total. The van der Waals surface area contributed by atoms with Gasteiger partial charge in [-0.05, 0) is 43.2 Å². The summed E-state index contributed by atoms with van der Waals surface area (Å²) in [6.45, 7) is 2.15. The van der Waals surface area contributed by atoms with Crippen molar-refractivity contribution in [3.05, 3.63) is 59.4 Å². The standard InChI is InChI=1S/C21H22ClN3O3/c22-16-4-1-3-15(11-16)20(27)25-13-18(21(14-25)6-9-28-10-7-21)19(26)24-17-5-2-8-23-12-17/h1-5,8,11-12,18H,6-7,9-10,13-14H2,(H,24,26)/t18-/m0/s1. The summed E-state index contributed by atoms with van der Waals surface area (Å²) in [6.07, 6.45) is 4.81. The summed E-state index contributed by atoms with van der Waals surface area (Å²) < 4.78 is 5.54. The van der Waals surface area contributed by atoms with Crippen molar-refractivity contribution < 1.29 is 14.3 Å². The highest BCUT2D eigenvalue weighted by Gasteiger charge is 2.51. The molecule has 4 rings (SSSR count). The second-order valence-corrected chi connectivity index (χ2v) is 7.89. The summed E-state index contributed by atoms with van der Waals surface area (Å²) in [5.74, 6) is -0.457. The van der Waals surface area contributed by atoms with E-state index >= 15 is 0 Å². The van der Waals surface area contributed by atoms with E-state index in [0.717, 1.165) is 12.8 Å². The average Bonchev–Trinajstić information content (AvgIpc) is 3.07. The van der Waals surface area contributed by atoms with Crippen LogP contribution in [0, 0.1) is 11.3 Å². The van der Waals surface area contributed by atoms with Gasteiger partial charge in [0.1, 0.15) is 0 Å². The van der Waals surface area contributed by atoms with Crippen molar-refractivity contribution in [2.45, 2.75) is 12.8 Å². The SMILES string of the molecule is O=C(Nc1cccnc1)[C@@H]1CN(C(=O)c2cccc(Cl)c2)CC12CCOCC2. The molecule has 6 nitrogen and oxygen atoms in total. The molecule has 1 spiro atoms. The number of nitrogens with zero attached hydrogens (tertiary/aromatic N) is 2. The Morgan fingerprint density at radius 2 is 2.04 bits per heavy atom. The Morgan fingerprint density at radius 1 is 1.21 bits per heavy atom. The Morgan fingerprint density at radius 3 is 2.75 bits per heavy atom. The number of rotatable bonds is 3. The van der Waals surface area contributed by atoms with Crippen molar-refractivity contribution in [2.24, 2.45) is 11.3 Å². The first-order valence-electron chi connectivity index (χ1n) is 9.41. The van der Waals surface area contributed by atoms with E-state index in [9.17, 15) is 9.59 Å². The fourth-order valence-electron chi connectivity index (χ4n) is 4.24.